The molecule has 1 unspecified atom stereocenters. The van der Waals surface area contributed by atoms with E-state index in [1.807, 2.05) is 0 Å². The van der Waals surface area contributed by atoms with Crippen LogP contribution in [0.2, 0.25) is 0 Å². The summed E-state index contributed by atoms with van der Waals surface area (Å²) in [6, 6.07) is 0. The quantitative estimate of drug-likeness (QED) is 0.501. The zero-order chi connectivity index (χ0) is 10.3. The van der Waals surface area contributed by atoms with Gasteiger partial charge in [-0.05, 0) is 0 Å². The van der Waals surface area contributed by atoms with Crippen molar-refractivity contribution >= 4 is 5.97 Å². The van der Waals surface area contributed by atoms with Crippen LogP contribution >= 0.6 is 0 Å². The van der Waals surface area contributed by atoms with Crippen LogP contribution in [-0.2, 0) is 14.3 Å². The van der Waals surface area contributed by atoms with Crippen LogP contribution in [0.5, 0.6) is 0 Å². The fraction of sp³-hybridized carbons (Fsp3) is 0.875. The lowest BCUT2D eigenvalue weighted by molar-refractivity contribution is -0.189. The van der Waals surface area contributed by atoms with Gasteiger partial charge in [0.05, 0.1) is 25.2 Å². The van der Waals surface area contributed by atoms with Crippen LogP contribution in [0, 0.1) is 5.41 Å². The SMILES string of the molecule is COC(=O)C(F)(F)C(C)(C)C1CO1. The Kier molecular flexibility index (Phi) is 2.32. The highest BCUT2D eigenvalue weighted by Gasteiger charge is 2.61. The van der Waals surface area contributed by atoms with Gasteiger partial charge in [-0.2, -0.15) is 8.78 Å². The van der Waals surface area contributed by atoms with E-state index in [0.29, 0.717) is 0 Å². The molecule has 1 saturated heterocycles. The maximum Gasteiger partial charge on any atom is 0.377 e. The van der Waals surface area contributed by atoms with Gasteiger partial charge in [0.2, 0.25) is 0 Å². The third-order valence-electron chi connectivity index (χ3n) is 2.39. The van der Waals surface area contributed by atoms with Crippen molar-refractivity contribution < 1.29 is 23.0 Å². The lowest BCUT2D eigenvalue weighted by atomic mass is 9.82. The molecule has 0 aromatic heterocycles. The number of hydrogen-bond donors (Lipinski definition) is 0. The summed E-state index contributed by atoms with van der Waals surface area (Å²) < 4.78 is 35.5. The van der Waals surface area contributed by atoms with Crippen LogP contribution in [0.3, 0.4) is 0 Å². The molecule has 0 aromatic rings. The van der Waals surface area contributed by atoms with Crippen molar-refractivity contribution in [3.63, 3.8) is 0 Å². The van der Waals surface area contributed by atoms with Gasteiger partial charge in [-0.1, -0.05) is 13.8 Å². The summed E-state index contributed by atoms with van der Waals surface area (Å²) in [4.78, 5) is 10.8. The van der Waals surface area contributed by atoms with E-state index in [1.54, 1.807) is 0 Å². The molecule has 0 radical (unpaired) electrons. The van der Waals surface area contributed by atoms with Gasteiger partial charge in [0.15, 0.2) is 0 Å². The van der Waals surface area contributed by atoms with Gasteiger partial charge < -0.3 is 9.47 Å². The summed E-state index contributed by atoms with van der Waals surface area (Å²) in [5.41, 5.74) is -1.50. The lowest BCUT2D eigenvalue weighted by Gasteiger charge is -2.29. The molecule has 1 rings (SSSR count). The molecular formula is C8H12F2O3. The van der Waals surface area contributed by atoms with Crippen molar-refractivity contribution in [3.05, 3.63) is 0 Å². The first kappa shape index (κ1) is 10.4. The molecule has 0 amide bonds. The highest BCUT2D eigenvalue weighted by molar-refractivity contribution is 5.78. The molecule has 1 heterocycles. The smallest absolute Gasteiger partial charge is 0.377 e. The molecule has 0 saturated carbocycles. The number of alkyl halides is 2. The Labute approximate surface area is 75.0 Å². The first-order valence-corrected chi connectivity index (χ1v) is 3.92. The Bertz CT molecular complexity index is 221. The Morgan fingerprint density at radius 3 is 2.31 bits per heavy atom. The highest BCUT2D eigenvalue weighted by atomic mass is 19.3. The molecule has 5 heteroatoms. The van der Waals surface area contributed by atoms with Gasteiger partial charge in [0.25, 0.3) is 0 Å². The van der Waals surface area contributed by atoms with Crippen molar-refractivity contribution in [2.75, 3.05) is 13.7 Å². The van der Waals surface area contributed by atoms with Gasteiger partial charge in [-0.25, -0.2) is 4.79 Å². The maximum atomic E-state index is 13.3. The van der Waals surface area contributed by atoms with E-state index in [-0.39, 0.29) is 6.61 Å². The molecule has 0 bridgehead atoms. The summed E-state index contributed by atoms with van der Waals surface area (Å²) >= 11 is 0. The van der Waals surface area contributed by atoms with Crippen LogP contribution in [0.1, 0.15) is 13.8 Å². The normalized spacial score (nSPS) is 22.7. The van der Waals surface area contributed by atoms with Crippen LogP contribution in [0.15, 0.2) is 0 Å². The first-order chi connectivity index (χ1) is 5.84. The van der Waals surface area contributed by atoms with Crippen molar-refractivity contribution in [3.8, 4) is 0 Å². The van der Waals surface area contributed by atoms with Crippen molar-refractivity contribution in [2.24, 2.45) is 5.41 Å². The van der Waals surface area contributed by atoms with E-state index in [2.05, 4.69) is 4.74 Å². The Hall–Kier alpha value is -0.710. The lowest BCUT2D eigenvalue weighted by Crippen LogP contribution is -2.47. The number of carbonyl (C=O) groups is 1. The van der Waals surface area contributed by atoms with Gasteiger partial charge in [-0.15, -0.1) is 0 Å². The molecule has 3 nitrogen and oxygen atoms in total. The van der Waals surface area contributed by atoms with Gasteiger partial charge in [-0.3, -0.25) is 0 Å². The van der Waals surface area contributed by atoms with Gasteiger partial charge in [0.1, 0.15) is 0 Å². The number of methoxy groups -OCH3 is 1. The standard InChI is InChI=1S/C8H12F2O3/c1-7(2,5-4-13-5)8(9,10)6(11)12-3/h5H,4H2,1-3H3. The average molecular weight is 194 g/mol. The summed E-state index contributed by atoms with van der Waals surface area (Å²) in [6.07, 6.45) is -0.554. The number of carbonyl (C=O) groups excluding carboxylic acids is 1. The molecule has 0 spiro atoms. The van der Waals surface area contributed by atoms with E-state index in [1.165, 1.54) is 13.8 Å². The summed E-state index contributed by atoms with van der Waals surface area (Å²) in [5.74, 6) is -5.00. The molecule has 0 N–H and O–H groups in total. The Morgan fingerprint density at radius 2 is 2.00 bits per heavy atom. The van der Waals surface area contributed by atoms with Crippen molar-refractivity contribution in [1.82, 2.24) is 0 Å². The minimum absolute atomic E-state index is 0.277. The van der Waals surface area contributed by atoms with Gasteiger partial charge >= 0.3 is 11.9 Å². The molecule has 1 aliphatic rings. The minimum Gasteiger partial charge on any atom is -0.465 e. The molecule has 0 aromatic carbocycles. The Balaban J connectivity index is 2.82. The number of rotatable bonds is 3. The molecule has 1 atom stereocenters. The fourth-order valence-electron chi connectivity index (χ4n) is 1.06. The van der Waals surface area contributed by atoms with Gasteiger partial charge in [0, 0.05) is 0 Å². The number of esters is 1. The zero-order valence-corrected chi connectivity index (χ0v) is 7.77. The second-order valence-electron chi connectivity index (χ2n) is 3.61. The monoisotopic (exact) mass is 194 g/mol. The average Bonchev–Trinajstić information content (AvgIpc) is 2.84. The maximum absolute atomic E-state index is 13.3. The molecular weight excluding hydrogens is 182 g/mol. The van der Waals surface area contributed by atoms with E-state index >= 15 is 0 Å². The van der Waals surface area contributed by atoms with E-state index in [9.17, 15) is 13.6 Å². The summed E-state index contributed by atoms with van der Waals surface area (Å²) in [6.45, 7) is 2.86. The van der Waals surface area contributed by atoms with Crippen LogP contribution < -0.4 is 0 Å². The van der Waals surface area contributed by atoms with Crippen LogP contribution in [0.25, 0.3) is 0 Å². The van der Waals surface area contributed by atoms with E-state index in [4.69, 9.17) is 4.74 Å². The number of epoxide rings is 1. The zero-order valence-electron chi connectivity index (χ0n) is 7.77. The predicted molar refractivity (Wildman–Crippen MR) is 40.5 cm³/mol. The predicted octanol–water partition coefficient (Wildman–Crippen LogP) is 1.22. The highest BCUT2D eigenvalue weighted by Crippen LogP contribution is 2.45. The van der Waals surface area contributed by atoms with Crippen LogP contribution in [-0.4, -0.2) is 31.7 Å². The second kappa shape index (κ2) is 2.90. The largest absolute Gasteiger partial charge is 0.465 e. The Morgan fingerprint density at radius 1 is 1.54 bits per heavy atom. The van der Waals surface area contributed by atoms with Crippen molar-refractivity contribution in [1.29, 1.82) is 0 Å². The second-order valence-corrected chi connectivity index (χ2v) is 3.61. The molecule has 1 fully saturated rings. The van der Waals surface area contributed by atoms with Crippen LogP contribution in [0.4, 0.5) is 8.78 Å². The third-order valence-corrected chi connectivity index (χ3v) is 2.39. The van der Waals surface area contributed by atoms with Crippen molar-refractivity contribution in [2.45, 2.75) is 25.9 Å². The number of ether oxygens (including phenoxy) is 2. The molecule has 13 heavy (non-hydrogen) atoms. The van der Waals surface area contributed by atoms with E-state index < -0.39 is 23.4 Å². The van der Waals surface area contributed by atoms with E-state index in [0.717, 1.165) is 7.11 Å². The molecule has 76 valence electrons. The number of halogens is 2. The summed E-state index contributed by atoms with van der Waals surface area (Å²) in [7, 11) is 0.945. The molecule has 0 aliphatic carbocycles. The topological polar surface area (TPSA) is 38.8 Å². The number of hydrogen-bond acceptors (Lipinski definition) is 3. The fourth-order valence-corrected chi connectivity index (χ4v) is 1.06. The first-order valence-electron chi connectivity index (χ1n) is 3.92. The minimum atomic E-state index is -3.50. The third kappa shape index (κ3) is 1.52. The molecule has 1 aliphatic heterocycles. The summed E-state index contributed by atoms with van der Waals surface area (Å²) in [5, 5.41) is 0.